The van der Waals surface area contributed by atoms with E-state index in [2.05, 4.69) is 0 Å². The van der Waals surface area contributed by atoms with Crippen molar-refractivity contribution in [3.05, 3.63) is 59.7 Å². The molecular formula is C23H28N2O5S. The predicted octanol–water partition coefficient (Wildman–Crippen LogP) is 2.45. The van der Waals surface area contributed by atoms with Gasteiger partial charge in [-0.1, -0.05) is 30.3 Å². The fraction of sp³-hybridized carbons (Fsp3) is 0.435. The van der Waals surface area contributed by atoms with E-state index in [1.807, 2.05) is 53.4 Å². The maximum atomic E-state index is 13.1. The molecule has 1 atom stereocenters. The van der Waals surface area contributed by atoms with Crippen LogP contribution < -0.4 is 9.47 Å². The third kappa shape index (κ3) is 4.85. The Bertz CT molecular complexity index is 1050. The van der Waals surface area contributed by atoms with Gasteiger partial charge in [-0.3, -0.25) is 4.79 Å². The van der Waals surface area contributed by atoms with E-state index >= 15 is 0 Å². The van der Waals surface area contributed by atoms with E-state index in [9.17, 15) is 13.2 Å². The number of para-hydroxylation sites is 1. The van der Waals surface area contributed by atoms with Gasteiger partial charge < -0.3 is 14.4 Å². The van der Waals surface area contributed by atoms with Gasteiger partial charge in [0.1, 0.15) is 17.1 Å². The van der Waals surface area contributed by atoms with Crippen molar-refractivity contribution in [2.24, 2.45) is 0 Å². The van der Waals surface area contributed by atoms with Crippen LogP contribution in [0, 0.1) is 0 Å². The van der Waals surface area contributed by atoms with Crippen LogP contribution in [0.1, 0.15) is 24.0 Å². The summed E-state index contributed by atoms with van der Waals surface area (Å²) in [6.07, 6.45) is 2.96. The molecule has 2 heterocycles. The molecule has 166 valence electrons. The van der Waals surface area contributed by atoms with Crippen molar-refractivity contribution in [3.8, 4) is 11.5 Å². The molecule has 0 aliphatic carbocycles. The lowest BCUT2D eigenvalue weighted by atomic mass is 9.91. The van der Waals surface area contributed by atoms with Crippen LogP contribution in [0.4, 0.5) is 0 Å². The summed E-state index contributed by atoms with van der Waals surface area (Å²) in [6, 6.07) is 15.0. The number of piperidine rings is 1. The average molecular weight is 445 g/mol. The zero-order valence-electron chi connectivity index (χ0n) is 17.9. The summed E-state index contributed by atoms with van der Waals surface area (Å²) in [4.78, 5) is 14.9. The molecule has 0 aromatic heterocycles. The lowest BCUT2D eigenvalue weighted by molar-refractivity contribution is -0.136. The molecule has 1 amide bonds. The SMILES string of the molecule is COc1ccc(CC(=O)N2CCCC3(C2)CN(S(C)(=O)=O)Cc2ccccc2O3)cc1. The van der Waals surface area contributed by atoms with Crippen LogP contribution in [0.3, 0.4) is 0 Å². The number of rotatable bonds is 4. The Balaban J connectivity index is 1.56. The van der Waals surface area contributed by atoms with Gasteiger partial charge in [-0.2, -0.15) is 4.31 Å². The number of likely N-dealkylation sites (tertiary alicyclic amines) is 1. The molecule has 0 bridgehead atoms. The lowest BCUT2D eigenvalue weighted by Crippen LogP contribution is -2.58. The normalized spacial score (nSPS) is 21.8. The number of methoxy groups -OCH3 is 1. The van der Waals surface area contributed by atoms with E-state index in [1.165, 1.54) is 10.6 Å². The molecule has 0 saturated carbocycles. The van der Waals surface area contributed by atoms with Gasteiger partial charge in [0.25, 0.3) is 0 Å². The zero-order valence-corrected chi connectivity index (χ0v) is 18.7. The number of fused-ring (bicyclic) bond motifs is 1. The van der Waals surface area contributed by atoms with E-state index in [-0.39, 0.29) is 25.4 Å². The topological polar surface area (TPSA) is 76.2 Å². The first-order valence-electron chi connectivity index (χ1n) is 10.4. The first-order valence-corrected chi connectivity index (χ1v) is 12.3. The molecule has 2 aromatic rings. The van der Waals surface area contributed by atoms with Gasteiger partial charge in [-0.25, -0.2) is 8.42 Å². The second-order valence-electron chi connectivity index (χ2n) is 8.37. The van der Waals surface area contributed by atoms with Crippen LogP contribution in [0.15, 0.2) is 48.5 Å². The summed E-state index contributed by atoms with van der Waals surface area (Å²) in [7, 11) is -1.81. The highest BCUT2D eigenvalue weighted by Gasteiger charge is 2.44. The molecule has 0 radical (unpaired) electrons. The molecule has 2 aliphatic rings. The standard InChI is InChI=1S/C23H28N2O5S/c1-29-20-10-8-18(9-11-20)14-22(26)24-13-5-12-23(16-24)17-25(31(2,27)28)15-19-6-3-4-7-21(19)30-23/h3-4,6-11H,5,12-17H2,1-2H3. The Labute approximate surface area is 183 Å². The second-order valence-corrected chi connectivity index (χ2v) is 10.3. The molecule has 1 saturated heterocycles. The summed E-state index contributed by atoms with van der Waals surface area (Å²) >= 11 is 0. The minimum Gasteiger partial charge on any atom is -0.497 e. The number of amides is 1. The largest absolute Gasteiger partial charge is 0.497 e. The number of carbonyl (C=O) groups is 1. The fourth-order valence-corrected chi connectivity index (χ4v) is 5.20. The summed E-state index contributed by atoms with van der Waals surface area (Å²) in [5, 5.41) is 0. The van der Waals surface area contributed by atoms with Crippen molar-refractivity contribution < 1.29 is 22.7 Å². The minimum absolute atomic E-state index is 0.0104. The third-order valence-electron chi connectivity index (χ3n) is 5.99. The Morgan fingerprint density at radius 1 is 1.13 bits per heavy atom. The molecule has 4 rings (SSSR count). The van der Waals surface area contributed by atoms with E-state index in [0.29, 0.717) is 25.3 Å². The van der Waals surface area contributed by atoms with Crippen molar-refractivity contribution in [3.63, 3.8) is 0 Å². The maximum Gasteiger partial charge on any atom is 0.227 e. The van der Waals surface area contributed by atoms with Gasteiger partial charge in [0.2, 0.25) is 15.9 Å². The van der Waals surface area contributed by atoms with Gasteiger partial charge in [0.05, 0.1) is 32.9 Å². The average Bonchev–Trinajstić information content (AvgIpc) is 2.90. The van der Waals surface area contributed by atoms with Gasteiger partial charge in [-0.05, 0) is 36.6 Å². The molecule has 0 N–H and O–H groups in total. The van der Waals surface area contributed by atoms with E-state index in [0.717, 1.165) is 23.3 Å². The van der Waals surface area contributed by atoms with E-state index in [4.69, 9.17) is 9.47 Å². The summed E-state index contributed by atoms with van der Waals surface area (Å²) in [5.41, 5.74) is 0.991. The molecule has 1 fully saturated rings. The number of nitrogens with zero attached hydrogens (tertiary/aromatic N) is 2. The fourth-order valence-electron chi connectivity index (χ4n) is 4.35. The first kappa shape index (κ1) is 21.6. The minimum atomic E-state index is -3.42. The van der Waals surface area contributed by atoms with Crippen LogP contribution >= 0.6 is 0 Å². The van der Waals surface area contributed by atoms with Crippen molar-refractivity contribution in [2.75, 3.05) is 33.0 Å². The van der Waals surface area contributed by atoms with Crippen LogP contribution in [0.2, 0.25) is 0 Å². The maximum absolute atomic E-state index is 13.1. The Hall–Kier alpha value is -2.58. The van der Waals surface area contributed by atoms with Crippen LogP contribution in [-0.2, 0) is 27.8 Å². The van der Waals surface area contributed by atoms with Crippen molar-refractivity contribution in [1.29, 1.82) is 0 Å². The highest BCUT2D eigenvalue weighted by molar-refractivity contribution is 7.88. The molecule has 1 unspecified atom stereocenters. The van der Waals surface area contributed by atoms with Crippen molar-refractivity contribution in [1.82, 2.24) is 9.21 Å². The molecule has 31 heavy (non-hydrogen) atoms. The predicted molar refractivity (Wildman–Crippen MR) is 118 cm³/mol. The number of sulfonamides is 1. The highest BCUT2D eigenvalue weighted by Crippen LogP contribution is 2.35. The Morgan fingerprint density at radius 3 is 2.58 bits per heavy atom. The molecule has 7 nitrogen and oxygen atoms in total. The molecule has 2 aromatic carbocycles. The second kappa shape index (κ2) is 8.51. The van der Waals surface area contributed by atoms with Gasteiger partial charge >= 0.3 is 0 Å². The summed E-state index contributed by atoms with van der Waals surface area (Å²) in [6.45, 7) is 1.51. The number of carbonyl (C=O) groups excluding carboxylic acids is 1. The summed E-state index contributed by atoms with van der Waals surface area (Å²) in [5.74, 6) is 1.45. The van der Waals surface area contributed by atoms with Crippen molar-refractivity contribution >= 4 is 15.9 Å². The molecule has 1 spiro atoms. The van der Waals surface area contributed by atoms with Crippen LogP contribution in [0.25, 0.3) is 0 Å². The van der Waals surface area contributed by atoms with Crippen molar-refractivity contribution in [2.45, 2.75) is 31.4 Å². The quantitative estimate of drug-likeness (QED) is 0.724. The van der Waals surface area contributed by atoms with Gasteiger partial charge in [-0.15, -0.1) is 0 Å². The number of ether oxygens (including phenoxy) is 2. The number of hydrogen-bond acceptors (Lipinski definition) is 5. The van der Waals surface area contributed by atoms with Gasteiger partial charge in [0.15, 0.2) is 0 Å². The molecular weight excluding hydrogens is 416 g/mol. The molecule has 8 heteroatoms. The van der Waals surface area contributed by atoms with Crippen LogP contribution in [-0.4, -0.2) is 62.1 Å². The Kier molecular flexibility index (Phi) is 5.94. The van der Waals surface area contributed by atoms with Gasteiger partial charge in [0, 0.05) is 18.7 Å². The highest BCUT2D eigenvalue weighted by atomic mass is 32.2. The zero-order chi connectivity index (χ0) is 22.1. The number of benzene rings is 2. The van der Waals surface area contributed by atoms with E-state index < -0.39 is 15.6 Å². The van der Waals surface area contributed by atoms with Crippen LogP contribution in [0.5, 0.6) is 11.5 Å². The van der Waals surface area contributed by atoms with E-state index in [1.54, 1.807) is 7.11 Å². The lowest BCUT2D eigenvalue weighted by Gasteiger charge is -2.43. The Morgan fingerprint density at radius 2 is 1.87 bits per heavy atom. The number of hydrogen-bond donors (Lipinski definition) is 0. The monoisotopic (exact) mass is 444 g/mol. The molecule has 2 aliphatic heterocycles. The summed E-state index contributed by atoms with van der Waals surface area (Å²) < 4.78 is 38.0. The smallest absolute Gasteiger partial charge is 0.227 e. The first-order chi connectivity index (χ1) is 14.8. The third-order valence-corrected chi connectivity index (χ3v) is 7.18.